The molecule has 110 valence electrons. The van der Waals surface area contributed by atoms with Crippen molar-refractivity contribution >= 4 is 12.4 Å². The van der Waals surface area contributed by atoms with Gasteiger partial charge in [-0.1, -0.05) is 6.92 Å². The highest BCUT2D eigenvalue weighted by Crippen LogP contribution is 2.26. The number of esters is 1. The highest BCUT2D eigenvalue weighted by Gasteiger charge is 2.22. The molecule has 0 aliphatic heterocycles. The van der Waals surface area contributed by atoms with Crippen molar-refractivity contribution in [3.8, 4) is 0 Å². The molecule has 0 spiro atoms. The van der Waals surface area contributed by atoms with E-state index in [1.807, 2.05) is 0 Å². The molecule has 0 aliphatic rings. The van der Waals surface area contributed by atoms with Gasteiger partial charge in [-0.05, 0) is 31.0 Å². The van der Waals surface area contributed by atoms with E-state index in [0.29, 0.717) is 18.4 Å². The van der Waals surface area contributed by atoms with Crippen LogP contribution in [0.15, 0.2) is 12.1 Å². The van der Waals surface area contributed by atoms with Crippen molar-refractivity contribution in [1.29, 1.82) is 0 Å². The van der Waals surface area contributed by atoms with E-state index in [-0.39, 0.29) is 12.1 Å². The van der Waals surface area contributed by atoms with Crippen LogP contribution in [-0.2, 0) is 14.3 Å². The van der Waals surface area contributed by atoms with Crippen LogP contribution in [0.2, 0.25) is 0 Å². The summed E-state index contributed by atoms with van der Waals surface area (Å²) in [5.74, 6) is -1.95. The van der Waals surface area contributed by atoms with E-state index >= 15 is 0 Å². The smallest absolute Gasteiger partial charge is 0.325 e. The molecular formula is C14H17F2NO3. The second-order valence-corrected chi connectivity index (χ2v) is 4.39. The molecule has 0 bridgehead atoms. The Hall–Kier alpha value is -1.98. The third-order valence-corrected chi connectivity index (χ3v) is 3.15. The fourth-order valence-corrected chi connectivity index (χ4v) is 1.95. The molecule has 1 amide bonds. The van der Waals surface area contributed by atoms with E-state index in [2.05, 4.69) is 4.74 Å². The van der Waals surface area contributed by atoms with Gasteiger partial charge in [0.05, 0.1) is 13.2 Å². The molecule has 1 rings (SSSR count). The van der Waals surface area contributed by atoms with E-state index < -0.39 is 23.6 Å². The van der Waals surface area contributed by atoms with Crippen molar-refractivity contribution in [1.82, 2.24) is 4.90 Å². The van der Waals surface area contributed by atoms with Gasteiger partial charge in [-0.25, -0.2) is 8.78 Å². The molecule has 0 aromatic heterocycles. The third-order valence-electron chi connectivity index (χ3n) is 3.15. The summed E-state index contributed by atoms with van der Waals surface area (Å²) < 4.78 is 31.7. The van der Waals surface area contributed by atoms with Crippen LogP contribution in [0.5, 0.6) is 0 Å². The molecule has 0 N–H and O–H groups in total. The Morgan fingerprint density at radius 1 is 1.40 bits per heavy atom. The lowest BCUT2D eigenvalue weighted by Gasteiger charge is -2.27. The summed E-state index contributed by atoms with van der Waals surface area (Å²) in [6, 6.07) is 1.77. The molecule has 6 heteroatoms. The predicted octanol–water partition coefficient (Wildman–Crippen LogP) is 2.36. The average molecular weight is 285 g/mol. The molecular weight excluding hydrogens is 268 g/mol. The topological polar surface area (TPSA) is 46.6 Å². The van der Waals surface area contributed by atoms with Gasteiger partial charge in [0.1, 0.15) is 18.2 Å². The van der Waals surface area contributed by atoms with Gasteiger partial charge < -0.3 is 9.64 Å². The van der Waals surface area contributed by atoms with Crippen LogP contribution in [0.4, 0.5) is 8.78 Å². The fraction of sp³-hybridized carbons (Fsp3) is 0.429. The zero-order valence-corrected chi connectivity index (χ0v) is 11.7. The molecule has 1 unspecified atom stereocenters. The summed E-state index contributed by atoms with van der Waals surface area (Å²) in [5.41, 5.74) is 0.235. The quantitative estimate of drug-likeness (QED) is 0.595. The first kappa shape index (κ1) is 16.1. The lowest BCUT2D eigenvalue weighted by molar-refractivity contribution is -0.145. The molecule has 0 radical (unpaired) electrons. The molecule has 0 saturated heterocycles. The molecule has 0 saturated carbocycles. The summed E-state index contributed by atoms with van der Waals surface area (Å²) in [6.45, 7) is 2.82. The zero-order chi connectivity index (χ0) is 15.3. The highest BCUT2D eigenvalue weighted by atomic mass is 19.1. The standard InChI is InChI=1S/C14H17F2NO3/c1-4-13(17(8-18)7-14(19)20-3)10-5-11(15)9(2)12(16)6-10/h5-6,8,13H,4,7H2,1-3H3. The van der Waals surface area contributed by atoms with E-state index in [0.717, 1.165) is 4.90 Å². The summed E-state index contributed by atoms with van der Waals surface area (Å²) in [6.07, 6.45) is 0.887. The number of hydrogen-bond donors (Lipinski definition) is 0. The number of carbonyl (C=O) groups is 2. The SMILES string of the molecule is CCC(c1cc(F)c(C)c(F)c1)N(C=O)CC(=O)OC. The van der Waals surface area contributed by atoms with Crippen LogP contribution in [0.25, 0.3) is 0 Å². The van der Waals surface area contributed by atoms with Crippen molar-refractivity contribution in [3.63, 3.8) is 0 Å². The van der Waals surface area contributed by atoms with Gasteiger partial charge >= 0.3 is 5.97 Å². The average Bonchev–Trinajstić information content (AvgIpc) is 2.43. The normalized spacial score (nSPS) is 11.8. The minimum Gasteiger partial charge on any atom is -0.468 e. The Balaban J connectivity index is 3.10. The summed E-state index contributed by atoms with van der Waals surface area (Å²) >= 11 is 0. The van der Waals surface area contributed by atoms with E-state index in [1.54, 1.807) is 6.92 Å². The number of carbonyl (C=O) groups excluding carboxylic acids is 2. The lowest BCUT2D eigenvalue weighted by atomic mass is 10.0. The van der Waals surface area contributed by atoms with Gasteiger partial charge in [0, 0.05) is 5.56 Å². The Kier molecular flexibility index (Phi) is 5.61. The van der Waals surface area contributed by atoms with Crippen molar-refractivity contribution in [2.24, 2.45) is 0 Å². The van der Waals surface area contributed by atoms with E-state index in [1.165, 1.54) is 26.2 Å². The number of ether oxygens (including phenoxy) is 1. The van der Waals surface area contributed by atoms with Crippen molar-refractivity contribution in [2.45, 2.75) is 26.3 Å². The van der Waals surface area contributed by atoms with Crippen LogP contribution in [-0.4, -0.2) is 30.9 Å². The van der Waals surface area contributed by atoms with Crippen molar-refractivity contribution in [3.05, 3.63) is 34.9 Å². The first-order valence-electron chi connectivity index (χ1n) is 6.18. The van der Waals surface area contributed by atoms with Crippen LogP contribution < -0.4 is 0 Å². The second-order valence-electron chi connectivity index (χ2n) is 4.39. The minimum atomic E-state index is -0.678. The van der Waals surface area contributed by atoms with Gasteiger partial charge in [-0.2, -0.15) is 0 Å². The highest BCUT2D eigenvalue weighted by molar-refractivity contribution is 5.74. The van der Waals surface area contributed by atoms with Crippen LogP contribution >= 0.6 is 0 Å². The van der Waals surface area contributed by atoms with E-state index in [9.17, 15) is 18.4 Å². The molecule has 1 atom stereocenters. The molecule has 1 aromatic carbocycles. The maximum atomic E-state index is 13.6. The largest absolute Gasteiger partial charge is 0.468 e. The summed E-state index contributed by atoms with van der Waals surface area (Å²) in [7, 11) is 1.21. The van der Waals surface area contributed by atoms with Gasteiger partial charge in [0.25, 0.3) is 0 Å². The van der Waals surface area contributed by atoms with Gasteiger partial charge in [0.15, 0.2) is 0 Å². The molecule has 1 aromatic rings. The lowest BCUT2D eigenvalue weighted by Crippen LogP contribution is -2.33. The number of benzene rings is 1. The number of halogens is 2. The second kappa shape index (κ2) is 6.98. The molecule has 0 fully saturated rings. The zero-order valence-electron chi connectivity index (χ0n) is 11.7. The molecule has 0 aliphatic carbocycles. The summed E-state index contributed by atoms with van der Waals surface area (Å²) in [5, 5.41) is 0. The van der Waals surface area contributed by atoms with Gasteiger partial charge in [-0.3, -0.25) is 9.59 Å². The maximum Gasteiger partial charge on any atom is 0.325 e. The Labute approximate surface area is 116 Å². The van der Waals surface area contributed by atoms with Crippen LogP contribution in [0.1, 0.15) is 30.5 Å². The van der Waals surface area contributed by atoms with Crippen LogP contribution in [0.3, 0.4) is 0 Å². The number of methoxy groups -OCH3 is 1. The van der Waals surface area contributed by atoms with Crippen LogP contribution in [0, 0.1) is 18.6 Å². The summed E-state index contributed by atoms with van der Waals surface area (Å²) in [4.78, 5) is 23.5. The molecule has 0 heterocycles. The number of amides is 1. The van der Waals surface area contributed by atoms with Gasteiger partial charge in [0.2, 0.25) is 6.41 Å². The Bertz CT molecular complexity index is 482. The first-order chi connectivity index (χ1) is 9.44. The Morgan fingerprint density at radius 3 is 2.35 bits per heavy atom. The number of nitrogens with zero attached hydrogens (tertiary/aromatic N) is 1. The van der Waals surface area contributed by atoms with Gasteiger partial charge in [-0.15, -0.1) is 0 Å². The van der Waals surface area contributed by atoms with Crippen molar-refractivity contribution < 1.29 is 23.1 Å². The van der Waals surface area contributed by atoms with Crippen molar-refractivity contribution in [2.75, 3.05) is 13.7 Å². The van der Waals surface area contributed by atoms with E-state index in [4.69, 9.17) is 0 Å². The number of hydrogen-bond acceptors (Lipinski definition) is 3. The third kappa shape index (κ3) is 3.53. The predicted molar refractivity (Wildman–Crippen MR) is 68.9 cm³/mol. The molecule has 20 heavy (non-hydrogen) atoms. The fourth-order valence-electron chi connectivity index (χ4n) is 1.95. The Morgan fingerprint density at radius 2 is 1.95 bits per heavy atom. The number of rotatable bonds is 6. The first-order valence-corrected chi connectivity index (χ1v) is 6.18. The monoisotopic (exact) mass is 285 g/mol. The maximum absolute atomic E-state index is 13.6. The minimum absolute atomic E-state index is 0.0748. The molecule has 4 nitrogen and oxygen atoms in total.